The molecule has 4 atom stereocenters. The normalized spacial score (nSPS) is 28.5. The first kappa shape index (κ1) is 19.9. The maximum absolute atomic E-state index is 12.6. The third kappa shape index (κ3) is 3.88. The Balaban J connectivity index is 2.59. The van der Waals surface area contributed by atoms with E-state index < -0.39 is 41.1 Å². The lowest BCUT2D eigenvalue weighted by atomic mass is 9.61. The third-order valence-electron chi connectivity index (χ3n) is 4.63. The van der Waals surface area contributed by atoms with Crippen LogP contribution in [0.25, 0.3) is 0 Å². The van der Waals surface area contributed by atoms with E-state index in [0.29, 0.717) is 5.56 Å². The molecule has 0 bridgehead atoms. The van der Waals surface area contributed by atoms with E-state index in [1.807, 2.05) is 0 Å². The van der Waals surface area contributed by atoms with Crippen LogP contribution in [0.2, 0.25) is 0 Å². The van der Waals surface area contributed by atoms with Gasteiger partial charge in [0.25, 0.3) is 0 Å². The molecule has 1 saturated carbocycles. The maximum Gasteiger partial charge on any atom is 0.317 e. The molecule has 0 aromatic heterocycles. The van der Waals surface area contributed by atoms with Crippen LogP contribution < -0.4 is 0 Å². The quantitative estimate of drug-likeness (QED) is 0.602. The van der Waals surface area contributed by atoms with E-state index in [1.165, 1.54) is 31.2 Å². The number of benzene rings is 1. The number of aliphatic hydroxyl groups is 1. The molecule has 1 aliphatic carbocycles. The minimum Gasteiger partial charge on any atom is -0.508 e. The Hall–Kier alpha value is -2.41. The SMILES string of the molecule is CCOC(=O)[C@@H]1C(=O)C[C@](C)(O)[C@H](C(=O)OCC)[C@H]1c1ccc(O)cc1. The summed E-state index contributed by atoms with van der Waals surface area (Å²) in [4.78, 5) is 37.7. The van der Waals surface area contributed by atoms with Gasteiger partial charge in [0.15, 0.2) is 5.78 Å². The van der Waals surface area contributed by atoms with Gasteiger partial charge in [-0.15, -0.1) is 0 Å². The van der Waals surface area contributed by atoms with Crippen molar-refractivity contribution in [1.29, 1.82) is 0 Å². The largest absolute Gasteiger partial charge is 0.508 e. The summed E-state index contributed by atoms with van der Waals surface area (Å²) in [5.74, 6) is -5.22. The zero-order valence-corrected chi connectivity index (χ0v) is 15.1. The second kappa shape index (κ2) is 7.86. The summed E-state index contributed by atoms with van der Waals surface area (Å²) in [5, 5.41) is 20.3. The number of hydrogen-bond donors (Lipinski definition) is 2. The molecule has 142 valence electrons. The number of carbonyl (C=O) groups is 3. The molecule has 0 radical (unpaired) electrons. The van der Waals surface area contributed by atoms with Gasteiger partial charge >= 0.3 is 11.9 Å². The predicted octanol–water partition coefficient (Wildman–Crippen LogP) is 1.56. The summed E-state index contributed by atoms with van der Waals surface area (Å²) < 4.78 is 10.1. The molecule has 2 N–H and O–H groups in total. The molecule has 2 rings (SSSR count). The van der Waals surface area contributed by atoms with Gasteiger partial charge in [0.05, 0.1) is 24.7 Å². The Labute approximate surface area is 151 Å². The fourth-order valence-corrected chi connectivity index (χ4v) is 3.58. The summed E-state index contributed by atoms with van der Waals surface area (Å²) in [6.45, 7) is 4.84. The van der Waals surface area contributed by atoms with Gasteiger partial charge in [0, 0.05) is 12.3 Å². The molecule has 0 heterocycles. The van der Waals surface area contributed by atoms with E-state index in [2.05, 4.69) is 0 Å². The van der Waals surface area contributed by atoms with Gasteiger partial charge in [0.1, 0.15) is 11.7 Å². The van der Waals surface area contributed by atoms with Crippen LogP contribution in [-0.2, 0) is 23.9 Å². The predicted molar refractivity (Wildman–Crippen MR) is 91.3 cm³/mol. The Kier molecular flexibility index (Phi) is 6.02. The van der Waals surface area contributed by atoms with E-state index in [0.717, 1.165) is 0 Å². The lowest BCUT2D eigenvalue weighted by molar-refractivity contribution is -0.172. The Morgan fingerprint density at radius 2 is 1.65 bits per heavy atom. The van der Waals surface area contributed by atoms with Crippen molar-refractivity contribution in [3.63, 3.8) is 0 Å². The highest BCUT2D eigenvalue weighted by molar-refractivity contribution is 6.02. The summed E-state index contributed by atoms with van der Waals surface area (Å²) in [6, 6.07) is 5.83. The van der Waals surface area contributed by atoms with Gasteiger partial charge in [-0.25, -0.2) is 0 Å². The van der Waals surface area contributed by atoms with Crippen LogP contribution >= 0.6 is 0 Å². The zero-order valence-electron chi connectivity index (χ0n) is 15.1. The number of phenols is 1. The highest BCUT2D eigenvalue weighted by Crippen LogP contribution is 2.46. The van der Waals surface area contributed by atoms with Crippen molar-refractivity contribution >= 4 is 17.7 Å². The van der Waals surface area contributed by atoms with Gasteiger partial charge in [-0.1, -0.05) is 12.1 Å². The summed E-state index contributed by atoms with van der Waals surface area (Å²) in [7, 11) is 0. The molecule has 0 saturated heterocycles. The van der Waals surface area contributed by atoms with Crippen LogP contribution in [0, 0.1) is 11.8 Å². The monoisotopic (exact) mass is 364 g/mol. The van der Waals surface area contributed by atoms with E-state index >= 15 is 0 Å². The van der Waals surface area contributed by atoms with Crippen LogP contribution in [0.3, 0.4) is 0 Å². The number of hydrogen-bond acceptors (Lipinski definition) is 7. The maximum atomic E-state index is 12.6. The van der Waals surface area contributed by atoms with Crippen LogP contribution in [0.4, 0.5) is 0 Å². The van der Waals surface area contributed by atoms with Crippen molar-refractivity contribution in [3.05, 3.63) is 29.8 Å². The molecule has 1 fully saturated rings. The van der Waals surface area contributed by atoms with Crippen molar-refractivity contribution in [2.75, 3.05) is 13.2 Å². The van der Waals surface area contributed by atoms with Gasteiger partial charge in [-0.05, 0) is 38.5 Å². The molecule has 0 unspecified atom stereocenters. The lowest BCUT2D eigenvalue weighted by Crippen LogP contribution is -2.55. The number of Topliss-reactive ketones (excluding diaryl/α,β-unsaturated/α-hetero) is 1. The number of phenolic OH excluding ortho intramolecular Hbond substituents is 1. The molecule has 1 aromatic rings. The molecule has 1 aromatic carbocycles. The molecule has 7 nitrogen and oxygen atoms in total. The molecule has 0 aliphatic heterocycles. The minimum absolute atomic E-state index is 0.00279. The smallest absolute Gasteiger partial charge is 0.317 e. The summed E-state index contributed by atoms with van der Waals surface area (Å²) >= 11 is 0. The molecule has 1 aliphatic rings. The van der Waals surface area contributed by atoms with Gasteiger partial charge in [0.2, 0.25) is 0 Å². The number of rotatable bonds is 5. The van der Waals surface area contributed by atoms with Crippen molar-refractivity contribution < 1.29 is 34.1 Å². The Morgan fingerprint density at radius 1 is 1.12 bits per heavy atom. The average Bonchev–Trinajstić information content (AvgIpc) is 2.54. The number of esters is 2. The van der Waals surface area contributed by atoms with E-state index in [9.17, 15) is 24.6 Å². The zero-order chi connectivity index (χ0) is 19.5. The van der Waals surface area contributed by atoms with Crippen LogP contribution in [-0.4, -0.2) is 46.7 Å². The highest BCUT2D eigenvalue weighted by atomic mass is 16.5. The first-order chi connectivity index (χ1) is 12.2. The topological polar surface area (TPSA) is 110 Å². The standard InChI is InChI=1S/C19H24O7/c1-4-25-17(22)15-13(21)10-19(3,24)16(18(23)26-5-2)14(15)11-6-8-12(20)9-7-11/h6-9,14-16,20,24H,4-5,10H2,1-3H3/t14-,15+,16-,19-/m0/s1. The van der Waals surface area contributed by atoms with Crippen LogP contribution in [0.5, 0.6) is 5.75 Å². The molecule has 0 spiro atoms. The summed E-state index contributed by atoms with van der Waals surface area (Å²) in [5.41, 5.74) is -1.21. The third-order valence-corrected chi connectivity index (χ3v) is 4.63. The van der Waals surface area contributed by atoms with E-state index in [4.69, 9.17) is 9.47 Å². The van der Waals surface area contributed by atoms with Crippen molar-refractivity contribution in [2.24, 2.45) is 11.8 Å². The Morgan fingerprint density at radius 3 is 2.19 bits per heavy atom. The lowest BCUT2D eigenvalue weighted by Gasteiger charge is -2.43. The molecule has 0 amide bonds. The summed E-state index contributed by atoms with van der Waals surface area (Å²) in [6.07, 6.45) is -0.353. The first-order valence-electron chi connectivity index (χ1n) is 8.60. The van der Waals surface area contributed by atoms with E-state index in [1.54, 1.807) is 13.8 Å². The van der Waals surface area contributed by atoms with Crippen molar-refractivity contribution in [1.82, 2.24) is 0 Å². The number of carbonyl (C=O) groups excluding carboxylic acids is 3. The highest BCUT2D eigenvalue weighted by Gasteiger charge is 2.57. The van der Waals surface area contributed by atoms with E-state index in [-0.39, 0.29) is 25.4 Å². The molecular formula is C19H24O7. The van der Waals surface area contributed by atoms with Crippen molar-refractivity contribution in [3.8, 4) is 5.75 Å². The minimum atomic E-state index is -1.67. The fourth-order valence-electron chi connectivity index (χ4n) is 3.58. The fraction of sp³-hybridized carbons (Fsp3) is 0.526. The Bertz CT molecular complexity index is 678. The van der Waals surface area contributed by atoms with Crippen molar-refractivity contribution in [2.45, 2.75) is 38.7 Å². The average molecular weight is 364 g/mol. The van der Waals surface area contributed by atoms with Gasteiger partial charge < -0.3 is 19.7 Å². The second-order valence-corrected chi connectivity index (χ2v) is 6.58. The first-order valence-corrected chi connectivity index (χ1v) is 8.60. The molecule has 7 heteroatoms. The second-order valence-electron chi connectivity index (χ2n) is 6.58. The van der Waals surface area contributed by atoms with Gasteiger partial charge in [-0.2, -0.15) is 0 Å². The van der Waals surface area contributed by atoms with Crippen LogP contribution in [0.15, 0.2) is 24.3 Å². The molecular weight excluding hydrogens is 340 g/mol. The number of aromatic hydroxyl groups is 1. The molecule has 26 heavy (non-hydrogen) atoms. The number of ketones is 1. The van der Waals surface area contributed by atoms with Crippen LogP contribution in [0.1, 0.15) is 38.7 Å². The number of ether oxygens (including phenoxy) is 2. The van der Waals surface area contributed by atoms with Gasteiger partial charge in [-0.3, -0.25) is 14.4 Å².